The summed E-state index contributed by atoms with van der Waals surface area (Å²) in [5.41, 5.74) is 0. The van der Waals surface area contributed by atoms with Gasteiger partial charge in [-0.25, -0.2) is 8.42 Å². The van der Waals surface area contributed by atoms with Gasteiger partial charge in [-0.15, -0.1) is 0 Å². The van der Waals surface area contributed by atoms with Crippen molar-refractivity contribution in [2.24, 2.45) is 29.6 Å². The summed E-state index contributed by atoms with van der Waals surface area (Å²) >= 11 is 0. The maximum atomic E-state index is 12.8. The van der Waals surface area contributed by atoms with E-state index in [1.165, 1.54) is 38.5 Å². The zero-order chi connectivity index (χ0) is 17.9. The molecular formula is C20H32N2O3S. The molecule has 0 aromatic rings. The van der Waals surface area contributed by atoms with Crippen LogP contribution in [0.1, 0.15) is 51.4 Å². The van der Waals surface area contributed by atoms with Gasteiger partial charge in [-0.2, -0.15) is 0 Å². The fourth-order valence-electron chi connectivity index (χ4n) is 6.90. The van der Waals surface area contributed by atoms with Crippen molar-refractivity contribution < 1.29 is 13.2 Å². The minimum absolute atomic E-state index is 0.0618. The number of nitrogens with zero attached hydrogens (tertiary/aromatic N) is 1. The van der Waals surface area contributed by atoms with Crippen LogP contribution in [0.5, 0.6) is 0 Å². The largest absolute Gasteiger partial charge is 0.352 e. The number of carbonyl (C=O) groups excluding carboxylic acids is 1. The molecule has 5 saturated carbocycles. The Morgan fingerprint density at radius 1 is 0.962 bits per heavy atom. The van der Waals surface area contributed by atoms with Crippen molar-refractivity contribution in [3.63, 3.8) is 0 Å². The quantitative estimate of drug-likeness (QED) is 0.808. The summed E-state index contributed by atoms with van der Waals surface area (Å²) in [5, 5.41) is 3.40. The van der Waals surface area contributed by atoms with Crippen LogP contribution in [0.15, 0.2) is 0 Å². The molecule has 0 spiro atoms. The monoisotopic (exact) mass is 380 g/mol. The number of carbonyl (C=O) groups is 1. The van der Waals surface area contributed by atoms with E-state index in [9.17, 15) is 13.2 Å². The van der Waals surface area contributed by atoms with E-state index >= 15 is 0 Å². The molecule has 1 amide bonds. The third kappa shape index (κ3) is 3.21. The molecule has 6 heteroatoms. The third-order valence-electron chi connectivity index (χ3n) is 8.18. The molecule has 4 bridgehead atoms. The molecule has 1 unspecified atom stereocenters. The maximum Gasteiger partial charge on any atom is 0.234 e. The van der Waals surface area contributed by atoms with Crippen molar-refractivity contribution >= 4 is 15.7 Å². The molecular weight excluding hydrogens is 348 g/mol. The highest BCUT2D eigenvalue weighted by atomic mass is 32.2. The van der Waals surface area contributed by atoms with Gasteiger partial charge in [0.25, 0.3) is 0 Å². The van der Waals surface area contributed by atoms with Gasteiger partial charge >= 0.3 is 0 Å². The van der Waals surface area contributed by atoms with Gasteiger partial charge in [-0.05, 0) is 74.5 Å². The van der Waals surface area contributed by atoms with Crippen LogP contribution in [0.25, 0.3) is 0 Å². The predicted octanol–water partition coefficient (Wildman–Crippen LogP) is 1.83. The number of hydrogen-bond donors (Lipinski definition) is 1. The van der Waals surface area contributed by atoms with Crippen LogP contribution in [0, 0.1) is 29.6 Å². The van der Waals surface area contributed by atoms with Crippen LogP contribution in [0.3, 0.4) is 0 Å². The van der Waals surface area contributed by atoms with Gasteiger partial charge in [0.1, 0.15) is 0 Å². The lowest BCUT2D eigenvalue weighted by molar-refractivity contribution is -0.127. The van der Waals surface area contributed by atoms with Gasteiger partial charge in [0.05, 0.1) is 18.1 Å². The summed E-state index contributed by atoms with van der Waals surface area (Å²) in [6.07, 6.45) is 10.1. The SMILES string of the molecule is O=C(CN1CCS(=O)(=O)CC1C1CCC1)NC1C2CC3CC(C2)CC1C3. The molecule has 1 N–H and O–H groups in total. The van der Waals surface area contributed by atoms with Crippen LogP contribution in [0.2, 0.25) is 0 Å². The Bertz CT molecular complexity index is 645. The van der Waals surface area contributed by atoms with Crippen molar-refractivity contribution in [2.75, 3.05) is 24.6 Å². The van der Waals surface area contributed by atoms with E-state index in [1.54, 1.807) is 0 Å². The first-order chi connectivity index (χ1) is 12.5. The Labute approximate surface area is 157 Å². The van der Waals surface area contributed by atoms with Gasteiger partial charge in [0, 0.05) is 18.6 Å². The van der Waals surface area contributed by atoms with Gasteiger partial charge in [-0.1, -0.05) is 6.42 Å². The Kier molecular flexibility index (Phi) is 4.35. The standard InChI is InChI=1S/C20H32N2O3S/c23-19(21-20-16-7-13-6-14(9-16)10-17(20)8-13)11-22-4-5-26(24,25)12-18(22)15-2-1-3-15/h13-18,20H,1-12H2,(H,21,23). The smallest absolute Gasteiger partial charge is 0.234 e. The summed E-state index contributed by atoms with van der Waals surface area (Å²) in [4.78, 5) is 15.0. The predicted molar refractivity (Wildman–Crippen MR) is 100 cm³/mol. The first-order valence-corrected chi connectivity index (χ1v) is 12.5. The van der Waals surface area contributed by atoms with E-state index in [0.29, 0.717) is 36.9 Å². The van der Waals surface area contributed by atoms with Crippen LogP contribution in [-0.2, 0) is 14.6 Å². The molecule has 6 aliphatic rings. The van der Waals surface area contributed by atoms with E-state index in [1.807, 2.05) is 0 Å². The summed E-state index contributed by atoms with van der Waals surface area (Å²) in [6, 6.07) is 0.442. The number of sulfone groups is 1. The lowest BCUT2D eigenvalue weighted by Crippen LogP contribution is -2.59. The number of hydrogen-bond acceptors (Lipinski definition) is 4. The highest BCUT2D eigenvalue weighted by Gasteiger charge is 2.49. The zero-order valence-corrected chi connectivity index (χ0v) is 16.4. The number of nitrogens with one attached hydrogen (secondary N) is 1. The minimum Gasteiger partial charge on any atom is -0.352 e. The normalized spacial score (nSPS) is 44.6. The van der Waals surface area contributed by atoms with E-state index < -0.39 is 9.84 Å². The van der Waals surface area contributed by atoms with Crippen LogP contribution in [0.4, 0.5) is 0 Å². The highest BCUT2D eigenvalue weighted by molar-refractivity contribution is 7.91. The molecule has 1 atom stereocenters. The van der Waals surface area contributed by atoms with Crippen molar-refractivity contribution in [1.29, 1.82) is 0 Å². The molecule has 146 valence electrons. The molecule has 0 aromatic heterocycles. The maximum absolute atomic E-state index is 12.8. The second-order valence-electron chi connectivity index (χ2n) is 9.87. The van der Waals surface area contributed by atoms with Gasteiger partial charge in [0.15, 0.2) is 9.84 Å². The molecule has 6 fully saturated rings. The van der Waals surface area contributed by atoms with Crippen LogP contribution in [-0.4, -0.2) is 55.9 Å². The van der Waals surface area contributed by atoms with Gasteiger partial charge in [0.2, 0.25) is 5.91 Å². The summed E-state index contributed by atoms with van der Waals surface area (Å²) < 4.78 is 24.2. The fourth-order valence-corrected chi connectivity index (χ4v) is 8.59. The Hall–Kier alpha value is -0.620. The number of rotatable bonds is 4. The summed E-state index contributed by atoms with van der Waals surface area (Å²) in [5.74, 6) is 4.29. The molecule has 0 aromatic carbocycles. The number of amides is 1. The Morgan fingerprint density at radius 3 is 2.19 bits per heavy atom. The summed E-state index contributed by atoms with van der Waals surface area (Å²) in [7, 11) is -2.94. The topological polar surface area (TPSA) is 66.5 Å². The van der Waals surface area contributed by atoms with E-state index in [2.05, 4.69) is 10.2 Å². The van der Waals surface area contributed by atoms with Gasteiger partial charge < -0.3 is 5.32 Å². The zero-order valence-electron chi connectivity index (χ0n) is 15.6. The molecule has 1 aliphatic heterocycles. The molecule has 1 saturated heterocycles. The first-order valence-electron chi connectivity index (χ1n) is 10.7. The van der Waals surface area contributed by atoms with E-state index in [4.69, 9.17) is 0 Å². The molecule has 5 aliphatic carbocycles. The van der Waals surface area contributed by atoms with E-state index in [0.717, 1.165) is 24.7 Å². The third-order valence-corrected chi connectivity index (χ3v) is 9.83. The molecule has 6 rings (SSSR count). The van der Waals surface area contributed by atoms with Crippen molar-refractivity contribution in [3.05, 3.63) is 0 Å². The molecule has 5 nitrogen and oxygen atoms in total. The average molecular weight is 381 g/mol. The molecule has 0 radical (unpaired) electrons. The fraction of sp³-hybridized carbons (Fsp3) is 0.950. The Morgan fingerprint density at radius 2 is 1.62 bits per heavy atom. The van der Waals surface area contributed by atoms with Crippen LogP contribution < -0.4 is 5.32 Å². The van der Waals surface area contributed by atoms with E-state index in [-0.39, 0.29) is 23.5 Å². The van der Waals surface area contributed by atoms with Crippen LogP contribution >= 0.6 is 0 Å². The minimum atomic E-state index is -2.94. The van der Waals surface area contributed by atoms with Crippen molar-refractivity contribution in [3.8, 4) is 0 Å². The second kappa shape index (κ2) is 6.47. The average Bonchev–Trinajstić information content (AvgIpc) is 2.51. The first kappa shape index (κ1) is 17.5. The van der Waals surface area contributed by atoms with Crippen molar-refractivity contribution in [1.82, 2.24) is 10.2 Å². The summed E-state index contributed by atoms with van der Waals surface area (Å²) in [6.45, 7) is 0.915. The molecule has 26 heavy (non-hydrogen) atoms. The lowest BCUT2D eigenvalue weighted by atomic mass is 9.54. The molecule has 1 heterocycles. The van der Waals surface area contributed by atoms with Gasteiger partial charge in [-0.3, -0.25) is 9.69 Å². The highest BCUT2D eigenvalue weighted by Crippen LogP contribution is 2.53. The Balaban J connectivity index is 1.22. The van der Waals surface area contributed by atoms with Crippen molar-refractivity contribution in [2.45, 2.75) is 63.5 Å². The lowest BCUT2D eigenvalue weighted by Gasteiger charge is -2.54. The second-order valence-corrected chi connectivity index (χ2v) is 12.1.